The second-order valence-corrected chi connectivity index (χ2v) is 4.32. The number of unbranched alkanes of at least 4 members (excludes halogenated alkanes) is 1. The predicted molar refractivity (Wildman–Crippen MR) is 51.7 cm³/mol. The molecule has 0 amide bonds. The minimum atomic E-state index is 0.605. The second-order valence-electron chi connectivity index (χ2n) is 4.32. The van der Waals surface area contributed by atoms with Crippen molar-refractivity contribution in [2.75, 3.05) is 13.2 Å². The van der Waals surface area contributed by atoms with Crippen molar-refractivity contribution < 1.29 is 9.47 Å². The number of hydrogen-bond donors (Lipinski definition) is 0. The molecule has 0 radical (unpaired) electrons. The Kier molecular flexibility index (Phi) is 3.23. The minimum Gasteiger partial charge on any atom is -0.381 e. The summed E-state index contributed by atoms with van der Waals surface area (Å²) in [5, 5.41) is 0. The number of rotatable bonds is 5. The van der Waals surface area contributed by atoms with Gasteiger partial charge in [-0.2, -0.15) is 0 Å². The van der Waals surface area contributed by atoms with Crippen molar-refractivity contribution in [2.45, 2.75) is 51.2 Å². The second kappa shape index (κ2) is 4.43. The van der Waals surface area contributed by atoms with Crippen molar-refractivity contribution >= 4 is 0 Å². The van der Waals surface area contributed by atoms with Gasteiger partial charge in [0.2, 0.25) is 0 Å². The van der Waals surface area contributed by atoms with Crippen molar-refractivity contribution in [2.24, 2.45) is 5.92 Å². The van der Waals surface area contributed by atoms with Gasteiger partial charge in [-0.25, -0.2) is 0 Å². The summed E-state index contributed by atoms with van der Waals surface area (Å²) < 4.78 is 11.1. The maximum Gasteiger partial charge on any atom is 0.0845 e. The van der Waals surface area contributed by atoms with Crippen LogP contribution < -0.4 is 0 Å². The van der Waals surface area contributed by atoms with Gasteiger partial charge < -0.3 is 9.47 Å². The fraction of sp³-hybridized carbons (Fsp3) is 1.00. The Balaban J connectivity index is 1.54. The van der Waals surface area contributed by atoms with Gasteiger partial charge in [-0.1, -0.05) is 13.3 Å². The first-order valence-electron chi connectivity index (χ1n) is 5.63. The van der Waals surface area contributed by atoms with Gasteiger partial charge in [-0.3, -0.25) is 0 Å². The van der Waals surface area contributed by atoms with Crippen molar-refractivity contribution in [3.05, 3.63) is 0 Å². The number of ether oxygens (including phenoxy) is 2. The third kappa shape index (κ3) is 2.68. The number of hydrogen-bond acceptors (Lipinski definition) is 2. The van der Waals surface area contributed by atoms with Crippen LogP contribution in [0, 0.1) is 5.92 Å². The molecule has 1 saturated heterocycles. The van der Waals surface area contributed by atoms with Crippen LogP contribution in [0.25, 0.3) is 0 Å². The zero-order chi connectivity index (χ0) is 9.10. The molecule has 76 valence electrons. The van der Waals surface area contributed by atoms with E-state index < -0.39 is 0 Å². The van der Waals surface area contributed by atoms with Crippen LogP contribution in [-0.4, -0.2) is 25.4 Å². The molecule has 2 aliphatic rings. The van der Waals surface area contributed by atoms with Crippen molar-refractivity contribution in [1.29, 1.82) is 0 Å². The lowest BCUT2D eigenvalue weighted by Gasteiger charge is -2.18. The number of epoxide rings is 1. The molecule has 1 aliphatic carbocycles. The van der Waals surface area contributed by atoms with Gasteiger partial charge in [0.15, 0.2) is 0 Å². The monoisotopic (exact) mass is 184 g/mol. The normalized spacial score (nSPS) is 37.2. The van der Waals surface area contributed by atoms with Crippen molar-refractivity contribution in [3.63, 3.8) is 0 Å². The first-order chi connectivity index (χ1) is 6.40. The average molecular weight is 184 g/mol. The van der Waals surface area contributed by atoms with Crippen molar-refractivity contribution in [1.82, 2.24) is 0 Å². The van der Waals surface area contributed by atoms with Crippen LogP contribution in [0.15, 0.2) is 0 Å². The molecule has 2 heteroatoms. The van der Waals surface area contributed by atoms with Crippen LogP contribution in [0.2, 0.25) is 0 Å². The summed E-state index contributed by atoms with van der Waals surface area (Å²) in [6, 6.07) is 0. The zero-order valence-electron chi connectivity index (χ0n) is 8.50. The van der Waals surface area contributed by atoms with E-state index >= 15 is 0 Å². The molecule has 0 aromatic carbocycles. The maximum absolute atomic E-state index is 5.62. The van der Waals surface area contributed by atoms with Gasteiger partial charge in [0, 0.05) is 13.2 Å². The topological polar surface area (TPSA) is 21.8 Å². The van der Waals surface area contributed by atoms with Gasteiger partial charge >= 0.3 is 0 Å². The fourth-order valence-electron chi connectivity index (χ4n) is 2.13. The molecule has 1 saturated carbocycles. The summed E-state index contributed by atoms with van der Waals surface area (Å²) >= 11 is 0. The Morgan fingerprint density at radius 2 is 2.23 bits per heavy atom. The highest BCUT2D eigenvalue weighted by Gasteiger charge is 2.43. The molecule has 0 spiro atoms. The summed E-state index contributed by atoms with van der Waals surface area (Å²) in [6.07, 6.45) is 7.50. The Hall–Kier alpha value is -0.0800. The van der Waals surface area contributed by atoms with Gasteiger partial charge in [-0.15, -0.1) is 0 Å². The molecule has 0 aromatic rings. The van der Waals surface area contributed by atoms with Crippen LogP contribution in [0.4, 0.5) is 0 Å². The minimum absolute atomic E-state index is 0.605. The average Bonchev–Trinajstić information content (AvgIpc) is 2.90. The van der Waals surface area contributed by atoms with Gasteiger partial charge in [0.1, 0.15) is 0 Å². The SMILES string of the molecule is CCCCOCC1CCC2OC2C1. The lowest BCUT2D eigenvalue weighted by atomic mass is 9.90. The first-order valence-corrected chi connectivity index (χ1v) is 5.63. The molecule has 2 fully saturated rings. The smallest absolute Gasteiger partial charge is 0.0845 e. The summed E-state index contributed by atoms with van der Waals surface area (Å²) in [4.78, 5) is 0. The Morgan fingerprint density at radius 3 is 3.00 bits per heavy atom. The maximum atomic E-state index is 5.62. The zero-order valence-corrected chi connectivity index (χ0v) is 8.50. The van der Waals surface area contributed by atoms with E-state index in [4.69, 9.17) is 9.47 Å². The van der Waals surface area contributed by atoms with Gasteiger partial charge in [-0.05, 0) is 31.6 Å². The largest absolute Gasteiger partial charge is 0.381 e. The molecule has 13 heavy (non-hydrogen) atoms. The standard InChI is InChI=1S/C11H20O2/c1-2-3-6-12-8-9-4-5-10-11(7-9)13-10/h9-11H,2-8H2,1H3. The molecule has 3 unspecified atom stereocenters. The van der Waals surface area contributed by atoms with Crippen LogP contribution in [-0.2, 0) is 9.47 Å². The van der Waals surface area contributed by atoms with Crippen LogP contribution >= 0.6 is 0 Å². The van der Waals surface area contributed by atoms with Gasteiger partial charge in [0.25, 0.3) is 0 Å². The lowest BCUT2D eigenvalue weighted by Crippen LogP contribution is -2.18. The molecule has 0 aromatic heterocycles. The lowest BCUT2D eigenvalue weighted by molar-refractivity contribution is 0.0861. The Morgan fingerprint density at radius 1 is 1.31 bits per heavy atom. The fourth-order valence-corrected chi connectivity index (χ4v) is 2.13. The molecule has 3 atom stereocenters. The third-order valence-electron chi connectivity index (χ3n) is 3.11. The molecular formula is C11H20O2. The highest BCUT2D eigenvalue weighted by molar-refractivity contribution is 4.91. The van der Waals surface area contributed by atoms with Gasteiger partial charge in [0.05, 0.1) is 12.2 Å². The van der Waals surface area contributed by atoms with Crippen molar-refractivity contribution in [3.8, 4) is 0 Å². The molecule has 2 nitrogen and oxygen atoms in total. The van der Waals surface area contributed by atoms with Crippen LogP contribution in [0.1, 0.15) is 39.0 Å². The van der Waals surface area contributed by atoms with E-state index in [-0.39, 0.29) is 0 Å². The third-order valence-corrected chi connectivity index (χ3v) is 3.11. The molecule has 0 bridgehead atoms. The summed E-state index contributed by atoms with van der Waals surface area (Å²) in [6.45, 7) is 4.11. The summed E-state index contributed by atoms with van der Waals surface area (Å²) in [5.74, 6) is 0.778. The van der Waals surface area contributed by atoms with E-state index in [9.17, 15) is 0 Å². The highest BCUT2D eigenvalue weighted by Crippen LogP contribution is 2.39. The number of fused-ring (bicyclic) bond motifs is 1. The van der Waals surface area contributed by atoms with E-state index in [1.165, 1.54) is 32.1 Å². The van der Waals surface area contributed by atoms with E-state index in [0.29, 0.717) is 12.2 Å². The van der Waals surface area contributed by atoms with Crippen LogP contribution in [0.5, 0.6) is 0 Å². The molecular weight excluding hydrogens is 164 g/mol. The summed E-state index contributed by atoms with van der Waals surface area (Å²) in [7, 11) is 0. The summed E-state index contributed by atoms with van der Waals surface area (Å²) in [5.41, 5.74) is 0. The Labute approximate surface area is 80.6 Å². The predicted octanol–water partition coefficient (Wildman–Crippen LogP) is 2.37. The molecule has 1 aliphatic heterocycles. The highest BCUT2D eigenvalue weighted by atomic mass is 16.6. The van der Waals surface area contributed by atoms with E-state index in [2.05, 4.69) is 6.92 Å². The first kappa shape index (κ1) is 9.47. The van der Waals surface area contributed by atoms with Crippen LogP contribution in [0.3, 0.4) is 0 Å². The molecule has 1 heterocycles. The molecule has 0 N–H and O–H groups in total. The van der Waals surface area contributed by atoms with E-state index in [1.807, 2.05) is 0 Å². The van der Waals surface area contributed by atoms with E-state index in [0.717, 1.165) is 19.1 Å². The molecule has 2 rings (SSSR count). The quantitative estimate of drug-likeness (QED) is 0.483. The van der Waals surface area contributed by atoms with E-state index in [1.54, 1.807) is 0 Å². The Bertz CT molecular complexity index is 158.